The van der Waals surface area contributed by atoms with E-state index < -0.39 is 15.8 Å². The highest BCUT2D eigenvalue weighted by Crippen LogP contribution is 2.28. The molecule has 0 unspecified atom stereocenters. The number of rotatable bonds is 8. The molecule has 0 atom stereocenters. The number of nitrogens with one attached hydrogen (secondary N) is 1. The second kappa shape index (κ2) is 9.07. The minimum absolute atomic E-state index is 0.0305. The van der Waals surface area contributed by atoms with Gasteiger partial charge in [0.15, 0.2) is 0 Å². The summed E-state index contributed by atoms with van der Waals surface area (Å²) in [5.74, 6) is -0.791. The summed E-state index contributed by atoms with van der Waals surface area (Å²) in [6.07, 6.45) is 1.34. The molecule has 0 bridgehead atoms. The van der Waals surface area contributed by atoms with Gasteiger partial charge in [-0.1, -0.05) is 85.3 Å². The van der Waals surface area contributed by atoms with Crippen LogP contribution >= 0.6 is 11.3 Å². The molecular weight excluding hydrogens is 394 g/mol. The van der Waals surface area contributed by atoms with E-state index in [4.69, 9.17) is 0 Å². The number of sulfone groups is 1. The monoisotopic (exact) mass is 415 g/mol. The lowest BCUT2D eigenvalue weighted by atomic mass is 9.90. The molecule has 1 N–H and O–H groups in total. The van der Waals surface area contributed by atoms with Gasteiger partial charge in [0.25, 0.3) is 0 Å². The molecule has 0 saturated heterocycles. The van der Waals surface area contributed by atoms with E-state index in [0.717, 1.165) is 28.9 Å². The number of benzene rings is 2. The Bertz CT molecular complexity index is 980. The fourth-order valence-electron chi connectivity index (χ4n) is 2.77. The molecule has 146 valence electrons. The smallest absolute Gasteiger partial charge is 0.238 e. The minimum Gasteiger partial charge on any atom is -0.300 e. The summed E-state index contributed by atoms with van der Waals surface area (Å²) in [5.41, 5.74) is 1.68. The summed E-state index contributed by atoms with van der Waals surface area (Å²) in [7, 11) is -3.47. The van der Waals surface area contributed by atoms with Gasteiger partial charge in [0.05, 0.1) is 11.7 Å². The summed E-state index contributed by atoms with van der Waals surface area (Å²) in [4.78, 5) is 13.0. The Balaban J connectivity index is 1.84. The van der Waals surface area contributed by atoms with Crippen LogP contribution in [-0.2, 0) is 14.6 Å². The van der Waals surface area contributed by atoms with Crippen molar-refractivity contribution >= 4 is 32.2 Å². The number of hydrogen-bond donors (Lipinski definition) is 1. The number of amides is 1. The van der Waals surface area contributed by atoms with E-state index in [1.54, 1.807) is 0 Å². The Morgan fingerprint density at radius 2 is 1.57 bits per heavy atom. The van der Waals surface area contributed by atoms with Gasteiger partial charge in [0.2, 0.25) is 25.2 Å². The quantitative estimate of drug-likeness (QED) is 0.564. The normalized spacial score (nSPS) is 11.5. The summed E-state index contributed by atoms with van der Waals surface area (Å²) in [6, 6.07) is 18.8. The van der Waals surface area contributed by atoms with Gasteiger partial charge in [-0.3, -0.25) is 10.1 Å². The van der Waals surface area contributed by atoms with Crippen molar-refractivity contribution in [3.05, 3.63) is 71.8 Å². The standard InChI is InChI=1S/C20H21N3O3S2/c1-2-3-14-28(25,26)20-23-22-19(27-20)21-18(24)17(15-10-6-4-7-11-15)16-12-8-5-9-13-16/h4-13,17H,2-3,14H2,1H3,(H,21,22,24). The molecule has 28 heavy (non-hydrogen) atoms. The minimum atomic E-state index is -3.47. The Hall–Kier alpha value is -2.58. The summed E-state index contributed by atoms with van der Waals surface area (Å²) in [5, 5.41) is 10.5. The number of hydrogen-bond acceptors (Lipinski definition) is 6. The lowest BCUT2D eigenvalue weighted by molar-refractivity contribution is -0.116. The molecule has 1 heterocycles. The van der Waals surface area contributed by atoms with Crippen LogP contribution in [0.1, 0.15) is 36.8 Å². The molecule has 0 aliphatic rings. The molecule has 0 saturated carbocycles. The Morgan fingerprint density at radius 1 is 1.00 bits per heavy atom. The van der Waals surface area contributed by atoms with Crippen molar-refractivity contribution in [1.82, 2.24) is 10.2 Å². The molecule has 2 aromatic carbocycles. The predicted molar refractivity (Wildman–Crippen MR) is 110 cm³/mol. The Labute approximate surface area is 168 Å². The van der Waals surface area contributed by atoms with Gasteiger partial charge in [0, 0.05) is 0 Å². The molecule has 6 nitrogen and oxygen atoms in total. The highest BCUT2D eigenvalue weighted by molar-refractivity contribution is 7.93. The number of unbranched alkanes of at least 4 members (excludes halogenated alkanes) is 1. The van der Waals surface area contributed by atoms with Crippen LogP contribution in [0.2, 0.25) is 0 Å². The number of carbonyl (C=O) groups excluding carboxylic acids is 1. The highest BCUT2D eigenvalue weighted by atomic mass is 32.2. The number of nitrogens with zero attached hydrogens (tertiary/aromatic N) is 2. The maximum absolute atomic E-state index is 13.0. The van der Waals surface area contributed by atoms with E-state index in [1.165, 1.54) is 0 Å². The first kappa shape index (κ1) is 20.2. The zero-order chi connectivity index (χ0) is 20.0. The largest absolute Gasteiger partial charge is 0.300 e. The van der Waals surface area contributed by atoms with Crippen LogP contribution in [0.3, 0.4) is 0 Å². The van der Waals surface area contributed by atoms with Crippen molar-refractivity contribution in [2.24, 2.45) is 0 Å². The van der Waals surface area contributed by atoms with E-state index >= 15 is 0 Å². The first-order chi connectivity index (χ1) is 13.5. The number of anilines is 1. The van der Waals surface area contributed by atoms with Gasteiger partial charge in [-0.2, -0.15) is 0 Å². The molecule has 3 aromatic rings. The lowest BCUT2D eigenvalue weighted by Crippen LogP contribution is -2.22. The topological polar surface area (TPSA) is 89.0 Å². The molecule has 0 aliphatic carbocycles. The van der Waals surface area contributed by atoms with E-state index in [2.05, 4.69) is 15.5 Å². The Morgan fingerprint density at radius 3 is 2.11 bits per heavy atom. The van der Waals surface area contributed by atoms with Crippen molar-refractivity contribution in [3.8, 4) is 0 Å². The first-order valence-electron chi connectivity index (χ1n) is 8.98. The van der Waals surface area contributed by atoms with Gasteiger partial charge >= 0.3 is 0 Å². The van der Waals surface area contributed by atoms with Crippen LogP contribution in [0.5, 0.6) is 0 Å². The highest BCUT2D eigenvalue weighted by Gasteiger charge is 2.25. The van der Waals surface area contributed by atoms with Gasteiger partial charge in [-0.15, -0.1) is 10.2 Å². The van der Waals surface area contributed by atoms with Crippen LogP contribution in [0, 0.1) is 0 Å². The maximum Gasteiger partial charge on any atom is 0.238 e. The molecule has 0 radical (unpaired) electrons. The fraction of sp³-hybridized carbons (Fsp3) is 0.250. The Kier molecular flexibility index (Phi) is 6.53. The molecule has 1 amide bonds. The van der Waals surface area contributed by atoms with E-state index in [-0.39, 0.29) is 21.1 Å². The van der Waals surface area contributed by atoms with Gasteiger partial charge in [0.1, 0.15) is 0 Å². The van der Waals surface area contributed by atoms with E-state index in [9.17, 15) is 13.2 Å². The summed E-state index contributed by atoms with van der Waals surface area (Å²) in [6.45, 7) is 1.93. The van der Waals surface area contributed by atoms with Crippen molar-refractivity contribution in [2.45, 2.75) is 30.0 Å². The zero-order valence-corrected chi connectivity index (χ0v) is 17.0. The molecular formula is C20H21N3O3S2. The average molecular weight is 416 g/mol. The van der Waals surface area contributed by atoms with E-state index in [0.29, 0.717) is 6.42 Å². The number of aromatic nitrogens is 2. The van der Waals surface area contributed by atoms with Gasteiger partial charge < -0.3 is 0 Å². The third-order valence-corrected chi connectivity index (χ3v) is 7.28. The molecule has 8 heteroatoms. The molecule has 0 fully saturated rings. The van der Waals surface area contributed by atoms with Crippen molar-refractivity contribution < 1.29 is 13.2 Å². The second-order valence-corrected chi connectivity index (χ2v) is 9.55. The maximum atomic E-state index is 13.0. The third-order valence-electron chi connectivity index (χ3n) is 4.20. The van der Waals surface area contributed by atoms with E-state index in [1.807, 2.05) is 67.6 Å². The fourth-order valence-corrected chi connectivity index (χ4v) is 5.25. The van der Waals surface area contributed by atoms with Crippen LogP contribution in [0.4, 0.5) is 5.13 Å². The second-order valence-electron chi connectivity index (χ2n) is 6.29. The van der Waals surface area contributed by atoms with Crippen molar-refractivity contribution in [3.63, 3.8) is 0 Å². The first-order valence-corrected chi connectivity index (χ1v) is 11.4. The van der Waals surface area contributed by atoms with Crippen LogP contribution in [0.15, 0.2) is 65.0 Å². The molecule has 1 aromatic heterocycles. The van der Waals surface area contributed by atoms with Gasteiger partial charge in [-0.05, 0) is 17.5 Å². The molecule has 3 rings (SSSR count). The van der Waals surface area contributed by atoms with Crippen LogP contribution < -0.4 is 5.32 Å². The SMILES string of the molecule is CCCCS(=O)(=O)c1nnc(NC(=O)C(c2ccccc2)c2ccccc2)s1. The summed E-state index contributed by atoms with van der Waals surface area (Å²) >= 11 is 0.884. The zero-order valence-electron chi connectivity index (χ0n) is 15.4. The number of carbonyl (C=O) groups is 1. The van der Waals surface area contributed by atoms with Crippen LogP contribution in [-0.4, -0.2) is 30.3 Å². The molecule has 0 aliphatic heterocycles. The van der Waals surface area contributed by atoms with Crippen LogP contribution in [0.25, 0.3) is 0 Å². The lowest BCUT2D eigenvalue weighted by Gasteiger charge is -2.16. The van der Waals surface area contributed by atoms with Gasteiger partial charge in [-0.25, -0.2) is 8.42 Å². The summed E-state index contributed by atoms with van der Waals surface area (Å²) < 4.78 is 24.5. The van der Waals surface area contributed by atoms with Crippen molar-refractivity contribution in [1.29, 1.82) is 0 Å². The predicted octanol–water partition coefficient (Wildman–Crippen LogP) is 3.88. The third kappa shape index (κ3) is 4.82. The van der Waals surface area contributed by atoms with Crippen molar-refractivity contribution in [2.75, 3.05) is 11.1 Å². The molecule has 0 spiro atoms. The average Bonchev–Trinajstić information content (AvgIpc) is 3.18.